The minimum absolute atomic E-state index is 0.111. The van der Waals surface area contributed by atoms with Crippen LogP contribution in [0.15, 0.2) is 27.6 Å². The van der Waals surface area contributed by atoms with Crippen LogP contribution in [0.25, 0.3) is 0 Å². The van der Waals surface area contributed by atoms with E-state index in [-0.39, 0.29) is 5.91 Å². The molecule has 0 heterocycles. The van der Waals surface area contributed by atoms with Crippen molar-refractivity contribution in [2.24, 2.45) is 0 Å². The zero-order valence-corrected chi connectivity index (χ0v) is 13.3. The highest BCUT2D eigenvalue weighted by Gasteiger charge is 2.09. The van der Waals surface area contributed by atoms with E-state index in [1.54, 1.807) is 13.2 Å². The fourth-order valence-electron chi connectivity index (χ4n) is 1.40. The lowest BCUT2D eigenvalue weighted by Crippen LogP contribution is -2.25. The number of halogens is 1. The third-order valence-electron chi connectivity index (χ3n) is 2.38. The Morgan fingerprint density at radius 1 is 1.37 bits per heavy atom. The quantitative estimate of drug-likeness (QED) is 0.561. The van der Waals surface area contributed by atoms with Gasteiger partial charge in [-0.2, -0.15) is 0 Å². The van der Waals surface area contributed by atoms with Gasteiger partial charge in [-0.05, 0) is 40.5 Å². The van der Waals surface area contributed by atoms with E-state index < -0.39 is 0 Å². The van der Waals surface area contributed by atoms with Crippen LogP contribution in [0.2, 0.25) is 0 Å². The molecule has 1 amide bonds. The molecule has 19 heavy (non-hydrogen) atoms. The molecule has 0 bridgehead atoms. The van der Waals surface area contributed by atoms with Crippen LogP contribution in [0.4, 0.5) is 0 Å². The van der Waals surface area contributed by atoms with Crippen LogP contribution in [-0.4, -0.2) is 39.4 Å². The van der Waals surface area contributed by atoms with Crippen LogP contribution >= 0.6 is 28.6 Å². The number of carbonyl (C=O) groups excluding carboxylic acids is 1. The van der Waals surface area contributed by atoms with E-state index >= 15 is 0 Å². The Morgan fingerprint density at radius 2 is 2.16 bits per heavy atom. The summed E-state index contributed by atoms with van der Waals surface area (Å²) in [4.78, 5) is 12.7. The van der Waals surface area contributed by atoms with Gasteiger partial charge in [-0.15, -0.1) is 12.6 Å². The van der Waals surface area contributed by atoms with E-state index in [4.69, 9.17) is 9.47 Å². The van der Waals surface area contributed by atoms with Crippen molar-refractivity contribution in [3.63, 3.8) is 0 Å². The van der Waals surface area contributed by atoms with Crippen LogP contribution in [0, 0.1) is 0 Å². The number of hydrogen-bond donors (Lipinski definition) is 2. The first-order valence-corrected chi connectivity index (χ1v) is 7.22. The van der Waals surface area contributed by atoms with Gasteiger partial charge in [0.1, 0.15) is 0 Å². The number of ether oxygens (including phenoxy) is 2. The lowest BCUT2D eigenvalue weighted by molar-refractivity contribution is 0.0688. The normalized spacial score (nSPS) is 10.5. The highest BCUT2D eigenvalue weighted by atomic mass is 79.9. The van der Waals surface area contributed by atoms with E-state index in [0.717, 1.165) is 15.8 Å². The molecule has 0 aromatic heterocycles. The molecule has 0 atom stereocenters. The minimum Gasteiger partial charge on any atom is -0.382 e. The second kappa shape index (κ2) is 9.36. The van der Waals surface area contributed by atoms with Gasteiger partial charge in [0.25, 0.3) is 5.91 Å². The number of nitrogens with one attached hydrogen (secondary N) is 1. The number of hydrogen-bond acceptors (Lipinski definition) is 4. The molecule has 1 rings (SSSR count). The highest BCUT2D eigenvalue weighted by molar-refractivity contribution is 9.10. The molecule has 0 aliphatic heterocycles. The molecule has 1 aromatic carbocycles. The van der Waals surface area contributed by atoms with Crippen molar-refractivity contribution in [2.75, 3.05) is 33.5 Å². The van der Waals surface area contributed by atoms with E-state index in [2.05, 4.69) is 33.9 Å². The Kier molecular flexibility index (Phi) is 8.13. The molecule has 0 saturated heterocycles. The minimum atomic E-state index is -0.111. The fraction of sp³-hybridized carbons (Fsp3) is 0.462. The van der Waals surface area contributed by atoms with E-state index in [0.29, 0.717) is 31.9 Å². The number of benzene rings is 1. The maximum atomic E-state index is 11.9. The topological polar surface area (TPSA) is 47.6 Å². The van der Waals surface area contributed by atoms with Gasteiger partial charge in [0, 0.05) is 29.6 Å². The van der Waals surface area contributed by atoms with Gasteiger partial charge in [0.15, 0.2) is 0 Å². The summed E-state index contributed by atoms with van der Waals surface area (Å²) in [5.41, 5.74) is 0.591. The van der Waals surface area contributed by atoms with Crippen molar-refractivity contribution in [3.8, 4) is 0 Å². The number of amides is 1. The van der Waals surface area contributed by atoms with Gasteiger partial charge < -0.3 is 14.8 Å². The van der Waals surface area contributed by atoms with Crippen LogP contribution in [0.3, 0.4) is 0 Å². The molecular formula is C13H18BrNO3S. The smallest absolute Gasteiger partial charge is 0.252 e. The molecule has 6 heteroatoms. The Balaban J connectivity index is 2.26. The monoisotopic (exact) mass is 347 g/mol. The van der Waals surface area contributed by atoms with Crippen molar-refractivity contribution in [3.05, 3.63) is 28.2 Å². The van der Waals surface area contributed by atoms with Crippen molar-refractivity contribution in [2.45, 2.75) is 11.3 Å². The van der Waals surface area contributed by atoms with Gasteiger partial charge in [-0.25, -0.2) is 0 Å². The van der Waals surface area contributed by atoms with E-state index in [9.17, 15) is 4.79 Å². The zero-order chi connectivity index (χ0) is 14.1. The molecule has 0 unspecified atom stereocenters. The predicted octanol–water partition coefficient (Wildman–Crippen LogP) is 2.52. The van der Waals surface area contributed by atoms with Crippen molar-refractivity contribution in [1.29, 1.82) is 0 Å². The molecule has 0 spiro atoms. The molecule has 4 nitrogen and oxygen atoms in total. The first-order chi connectivity index (χ1) is 9.15. The third-order valence-corrected chi connectivity index (χ3v) is 3.35. The third kappa shape index (κ3) is 6.42. The molecular weight excluding hydrogens is 330 g/mol. The van der Waals surface area contributed by atoms with Gasteiger partial charge in [0.05, 0.1) is 18.8 Å². The predicted molar refractivity (Wildman–Crippen MR) is 81.0 cm³/mol. The second-order valence-electron chi connectivity index (χ2n) is 3.88. The van der Waals surface area contributed by atoms with Gasteiger partial charge in [-0.3, -0.25) is 4.79 Å². The average Bonchev–Trinajstić information content (AvgIpc) is 2.40. The molecule has 0 saturated carbocycles. The van der Waals surface area contributed by atoms with Gasteiger partial charge in [-0.1, -0.05) is 0 Å². The molecule has 106 valence electrons. The first-order valence-electron chi connectivity index (χ1n) is 5.98. The fourth-order valence-corrected chi connectivity index (χ4v) is 2.03. The summed E-state index contributed by atoms with van der Waals surface area (Å²) < 4.78 is 10.9. The van der Waals surface area contributed by atoms with Crippen LogP contribution in [0.5, 0.6) is 0 Å². The van der Waals surface area contributed by atoms with Crippen molar-refractivity contribution in [1.82, 2.24) is 5.32 Å². The summed E-state index contributed by atoms with van der Waals surface area (Å²) in [6.45, 7) is 2.36. The van der Waals surface area contributed by atoms with E-state index in [1.807, 2.05) is 12.1 Å². The highest BCUT2D eigenvalue weighted by Crippen LogP contribution is 2.19. The standard InChI is InChI=1S/C13H18BrNO3S/c1-17-7-8-18-6-2-5-15-13(16)11-9-10(19)3-4-12(11)14/h3-4,9,19H,2,5-8H2,1H3,(H,15,16). The van der Waals surface area contributed by atoms with Crippen LogP contribution in [-0.2, 0) is 9.47 Å². The van der Waals surface area contributed by atoms with Crippen LogP contribution in [0.1, 0.15) is 16.8 Å². The summed E-state index contributed by atoms with van der Waals surface area (Å²) >= 11 is 7.57. The molecule has 0 fully saturated rings. The number of rotatable bonds is 8. The maximum Gasteiger partial charge on any atom is 0.252 e. The summed E-state index contributed by atoms with van der Waals surface area (Å²) in [6.07, 6.45) is 0.771. The average molecular weight is 348 g/mol. The summed E-state index contributed by atoms with van der Waals surface area (Å²) in [5, 5.41) is 2.84. The molecule has 0 aliphatic carbocycles. The largest absolute Gasteiger partial charge is 0.382 e. The summed E-state index contributed by atoms with van der Waals surface area (Å²) in [5.74, 6) is -0.111. The number of thiol groups is 1. The number of methoxy groups -OCH3 is 1. The second-order valence-corrected chi connectivity index (χ2v) is 5.25. The van der Waals surface area contributed by atoms with E-state index in [1.165, 1.54) is 0 Å². The molecule has 0 radical (unpaired) electrons. The molecule has 1 N–H and O–H groups in total. The Hall–Kier alpha value is -0.560. The van der Waals surface area contributed by atoms with Crippen LogP contribution < -0.4 is 5.32 Å². The lowest BCUT2D eigenvalue weighted by Gasteiger charge is -2.08. The SMILES string of the molecule is COCCOCCCNC(=O)c1cc(S)ccc1Br. The van der Waals surface area contributed by atoms with Crippen molar-refractivity contribution < 1.29 is 14.3 Å². The maximum absolute atomic E-state index is 11.9. The van der Waals surface area contributed by atoms with Crippen molar-refractivity contribution >= 4 is 34.5 Å². The lowest BCUT2D eigenvalue weighted by atomic mass is 10.2. The van der Waals surface area contributed by atoms with Gasteiger partial charge in [0.2, 0.25) is 0 Å². The number of carbonyl (C=O) groups is 1. The first kappa shape index (κ1) is 16.5. The molecule has 1 aromatic rings. The Labute approximate surface area is 127 Å². The summed E-state index contributed by atoms with van der Waals surface area (Å²) in [7, 11) is 1.64. The Bertz CT molecular complexity index is 415. The molecule has 0 aliphatic rings. The summed E-state index contributed by atoms with van der Waals surface area (Å²) in [6, 6.07) is 5.37. The zero-order valence-electron chi connectivity index (χ0n) is 10.8. The van der Waals surface area contributed by atoms with Gasteiger partial charge >= 0.3 is 0 Å². The Morgan fingerprint density at radius 3 is 2.89 bits per heavy atom.